The van der Waals surface area contributed by atoms with E-state index in [9.17, 15) is 8.42 Å². The van der Waals surface area contributed by atoms with Gasteiger partial charge in [0, 0.05) is 17.2 Å². The van der Waals surface area contributed by atoms with Crippen molar-refractivity contribution < 1.29 is 8.42 Å². The second-order valence-corrected chi connectivity index (χ2v) is 6.92. The topological polar surface area (TPSA) is 60.2 Å². The fourth-order valence-corrected chi connectivity index (χ4v) is 2.65. The van der Waals surface area contributed by atoms with Gasteiger partial charge in [-0.2, -0.15) is 0 Å². The molecule has 3 nitrogen and oxygen atoms in total. The predicted octanol–water partition coefficient (Wildman–Crippen LogP) is 1.05. The van der Waals surface area contributed by atoms with Crippen LogP contribution in [-0.4, -0.2) is 26.0 Å². The molecule has 0 saturated heterocycles. The highest BCUT2D eigenvalue weighted by Gasteiger charge is 2.22. The number of hydrogen-bond donors (Lipinski definition) is 1. The largest absolute Gasteiger partial charge is 0.326 e. The van der Waals surface area contributed by atoms with Crippen LogP contribution >= 0.6 is 11.3 Å². The van der Waals surface area contributed by atoms with Crippen molar-refractivity contribution >= 4 is 21.2 Å². The van der Waals surface area contributed by atoms with Crippen molar-refractivity contribution in [2.75, 3.05) is 6.26 Å². The monoisotopic (exact) mass is 233 g/mol. The molecule has 2 N–H and O–H groups in total. The Labute approximate surface area is 88.9 Å². The van der Waals surface area contributed by atoms with Gasteiger partial charge in [-0.25, -0.2) is 8.42 Å². The molecular formula is C9H15NO2S2. The van der Waals surface area contributed by atoms with Crippen LogP contribution < -0.4 is 5.73 Å². The lowest BCUT2D eigenvalue weighted by Crippen LogP contribution is -2.39. The Morgan fingerprint density at radius 1 is 1.57 bits per heavy atom. The highest BCUT2D eigenvalue weighted by atomic mass is 32.2. The van der Waals surface area contributed by atoms with Gasteiger partial charge in [0.1, 0.15) is 0 Å². The predicted molar refractivity (Wildman–Crippen MR) is 60.3 cm³/mol. The molecule has 1 rings (SSSR count). The van der Waals surface area contributed by atoms with E-state index in [0.29, 0.717) is 6.42 Å². The molecule has 2 atom stereocenters. The third-order valence-corrected chi connectivity index (χ3v) is 4.89. The number of rotatable bonds is 4. The van der Waals surface area contributed by atoms with Gasteiger partial charge in [-0.15, -0.1) is 11.3 Å². The van der Waals surface area contributed by atoms with Crippen LogP contribution in [0.4, 0.5) is 0 Å². The Morgan fingerprint density at radius 3 is 2.64 bits per heavy atom. The molecule has 0 bridgehead atoms. The zero-order chi connectivity index (χ0) is 10.8. The lowest BCUT2D eigenvalue weighted by molar-refractivity contribution is 0.563. The lowest BCUT2D eigenvalue weighted by Gasteiger charge is -2.17. The fourth-order valence-electron chi connectivity index (χ4n) is 1.14. The van der Waals surface area contributed by atoms with E-state index in [0.717, 1.165) is 4.88 Å². The summed E-state index contributed by atoms with van der Waals surface area (Å²) in [6.07, 6.45) is 1.86. The molecular weight excluding hydrogens is 218 g/mol. The molecule has 1 aromatic rings. The zero-order valence-corrected chi connectivity index (χ0v) is 9.94. The van der Waals surface area contributed by atoms with Crippen molar-refractivity contribution in [3.8, 4) is 0 Å². The number of nitrogens with two attached hydrogens (primary N) is 1. The van der Waals surface area contributed by atoms with E-state index in [2.05, 4.69) is 0 Å². The van der Waals surface area contributed by atoms with Crippen molar-refractivity contribution in [3.63, 3.8) is 0 Å². The highest BCUT2D eigenvalue weighted by molar-refractivity contribution is 7.91. The standard InChI is InChI=1S/C9H15NO2S2/c1-7(14(2,11)12)9(10)6-8-4-3-5-13-8/h3-5,7,9H,6,10H2,1-2H3. The molecule has 0 aromatic carbocycles. The van der Waals surface area contributed by atoms with Crippen LogP contribution in [0.5, 0.6) is 0 Å². The first-order valence-electron chi connectivity index (χ1n) is 4.38. The van der Waals surface area contributed by atoms with Crippen molar-refractivity contribution in [2.24, 2.45) is 5.73 Å². The number of thiophene rings is 1. The number of sulfone groups is 1. The van der Waals surface area contributed by atoms with Crippen LogP contribution in [0, 0.1) is 0 Å². The first-order valence-corrected chi connectivity index (χ1v) is 7.21. The highest BCUT2D eigenvalue weighted by Crippen LogP contribution is 2.14. The summed E-state index contributed by atoms with van der Waals surface area (Å²) in [5, 5.41) is 1.48. The lowest BCUT2D eigenvalue weighted by atomic mass is 10.1. The average Bonchev–Trinajstić information content (AvgIpc) is 2.53. The maximum Gasteiger partial charge on any atom is 0.151 e. The summed E-state index contributed by atoms with van der Waals surface area (Å²) in [5.74, 6) is 0. The van der Waals surface area contributed by atoms with E-state index >= 15 is 0 Å². The second-order valence-electron chi connectivity index (χ2n) is 3.48. The van der Waals surface area contributed by atoms with Gasteiger partial charge in [0.05, 0.1) is 5.25 Å². The van der Waals surface area contributed by atoms with Crippen molar-refractivity contribution in [1.29, 1.82) is 0 Å². The van der Waals surface area contributed by atoms with E-state index in [4.69, 9.17) is 5.73 Å². The maximum absolute atomic E-state index is 11.2. The van der Waals surface area contributed by atoms with Gasteiger partial charge in [0.15, 0.2) is 9.84 Å². The molecule has 0 aliphatic carbocycles. The summed E-state index contributed by atoms with van der Waals surface area (Å²) < 4.78 is 22.4. The van der Waals surface area contributed by atoms with Crippen LogP contribution in [0.2, 0.25) is 0 Å². The van der Waals surface area contributed by atoms with Crippen molar-refractivity contribution in [2.45, 2.75) is 24.6 Å². The fraction of sp³-hybridized carbons (Fsp3) is 0.556. The first kappa shape index (κ1) is 11.7. The Bertz CT molecular complexity index is 370. The molecule has 14 heavy (non-hydrogen) atoms. The normalized spacial score (nSPS) is 16.5. The van der Waals surface area contributed by atoms with E-state index in [1.54, 1.807) is 18.3 Å². The summed E-state index contributed by atoms with van der Waals surface area (Å²) in [7, 11) is -3.03. The molecule has 0 saturated carbocycles. The number of hydrogen-bond acceptors (Lipinski definition) is 4. The summed E-state index contributed by atoms with van der Waals surface area (Å²) in [6, 6.07) is 3.60. The van der Waals surface area contributed by atoms with Crippen molar-refractivity contribution in [1.82, 2.24) is 0 Å². The molecule has 2 unspecified atom stereocenters. The summed E-state index contributed by atoms with van der Waals surface area (Å²) in [6.45, 7) is 1.66. The summed E-state index contributed by atoms with van der Waals surface area (Å²) >= 11 is 1.60. The van der Waals surface area contributed by atoms with Gasteiger partial charge in [-0.1, -0.05) is 6.07 Å². The maximum atomic E-state index is 11.2. The van der Waals surface area contributed by atoms with Crippen molar-refractivity contribution in [3.05, 3.63) is 22.4 Å². The van der Waals surface area contributed by atoms with Crippen LogP contribution in [-0.2, 0) is 16.3 Å². The van der Waals surface area contributed by atoms with E-state index in [-0.39, 0.29) is 6.04 Å². The van der Waals surface area contributed by atoms with Crippen LogP contribution in [0.1, 0.15) is 11.8 Å². The minimum atomic E-state index is -3.03. The van der Waals surface area contributed by atoms with Gasteiger partial charge in [0.2, 0.25) is 0 Å². The Balaban J connectivity index is 2.63. The molecule has 1 aromatic heterocycles. The van der Waals surface area contributed by atoms with Gasteiger partial charge in [-0.3, -0.25) is 0 Å². The van der Waals surface area contributed by atoms with Gasteiger partial charge in [-0.05, 0) is 24.8 Å². The van der Waals surface area contributed by atoms with E-state index in [1.807, 2.05) is 17.5 Å². The SMILES string of the molecule is CC(C(N)Cc1cccs1)S(C)(=O)=O. The quantitative estimate of drug-likeness (QED) is 0.845. The molecule has 0 amide bonds. The first-order chi connectivity index (χ1) is 6.41. The second kappa shape index (κ2) is 4.42. The molecule has 0 aliphatic heterocycles. The molecule has 80 valence electrons. The molecule has 0 radical (unpaired) electrons. The third-order valence-electron chi connectivity index (χ3n) is 2.30. The summed E-state index contributed by atoms with van der Waals surface area (Å²) in [5.41, 5.74) is 5.82. The van der Waals surface area contributed by atoms with E-state index in [1.165, 1.54) is 6.26 Å². The van der Waals surface area contributed by atoms with E-state index < -0.39 is 15.1 Å². The van der Waals surface area contributed by atoms with Crippen LogP contribution in [0.15, 0.2) is 17.5 Å². The minimum absolute atomic E-state index is 0.316. The molecule has 0 fully saturated rings. The van der Waals surface area contributed by atoms with Gasteiger partial charge in [0.25, 0.3) is 0 Å². The molecule has 0 spiro atoms. The minimum Gasteiger partial charge on any atom is -0.326 e. The Hall–Kier alpha value is -0.390. The average molecular weight is 233 g/mol. The Morgan fingerprint density at radius 2 is 2.21 bits per heavy atom. The summed E-state index contributed by atoms with van der Waals surface area (Å²) in [4.78, 5) is 1.13. The molecule has 0 aliphatic rings. The molecule has 1 heterocycles. The van der Waals surface area contributed by atoms with Gasteiger partial charge < -0.3 is 5.73 Å². The van der Waals surface area contributed by atoms with Crippen LogP contribution in [0.25, 0.3) is 0 Å². The Kier molecular flexibility index (Phi) is 3.69. The zero-order valence-electron chi connectivity index (χ0n) is 8.30. The molecule has 5 heteroatoms. The smallest absolute Gasteiger partial charge is 0.151 e. The van der Waals surface area contributed by atoms with Crippen LogP contribution in [0.3, 0.4) is 0 Å². The third kappa shape index (κ3) is 3.08. The van der Waals surface area contributed by atoms with Gasteiger partial charge >= 0.3 is 0 Å².